The molecule has 1 saturated heterocycles. The van der Waals surface area contributed by atoms with Gasteiger partial charge in [-0.2, -0.15) is 0 Å². The number of hydrogen-bond acceptors (Lipinski definition) is 5. The molecule has 2 aromatic rings. The highest BCUT2D eigenvalue weighted by Gasteiger charge is 2.20. The van der Waals surface area contributed by atoms with Gasteiger partial charge in [-0.15, -0.1) is 11.3 Å². The van der Waals surface area contributed by atoms with E-state index in [0.717, 1.165) is 42.6 Å². The summed E-state index contributed by atoms with van der Waals surface area (Å²) in [6.45, 7) is 6.05. The highest BCUT2D eigenvalue weighted by atomic mass is 32.1. The van der Waals surface area contributed by atoms with Crippen molar-refractivity contribution in [3.05, 3.63) is 52.0 Å². The van der Waals surface area contributed by atoms with Gasteiger partial charge in [-0.05, 0) is 12.5 Å². The summed E-state index contributed by atoms with van der Waals surface area (Å²) in [4.78, 5) is 19.0. The molecule has 1 aromatic carbocycles. The third-order valence-electron chi connectivity index (χ3n) is 4.11. The lowest BCUT2D eigenvalue weighted by molar-refractivity contribution is -0.120. The Morgan fingerprint density at radius 1 is 1.42 bits per heavy atom. The number of nitrogens with one attached hydrogen (secondary N) is 1. The number of rotatable bonds is 6. The van der Waals surface area contributed by atoms with Gasteiger partial charge in [0.25, 0.3) is 0 Å². The molecule has 128 valence electrons. The van der Waals surface area contributed by atoms with Crippen LogP contribution in [0.1, 0.15) is 23.2 Å². The molecule has 0 saturated carbocycles. The first-order valence-corrected chi connectivity index (χ1v) is 9.14. The average molecular weight is 345 g/mol. The van der Waals surface area contributed by atoms with Crippen LogP contribution in [0.4, 0.5) is 0 Å². The van der Waals surface area contributed by atoms with E-state index in [9.17, 15) is 4.79 Å². The molecule has 1 atom stereocenters. The van der Waals surface area contributed by atoms with Crippen LogP contribution in [-0.2, 0) is 29.0 Å². The number of thiazole rings is 1. The molecule has 3 rings (SSSR count). The van der Waals surface area contributed by atoms with Gasteiger partial charge in [0.1, 0.15) is 5.01 Å². The third kappa shape index (κ3) is 4.87. The summed E-state index contributed by atoms with van der Waals surface area (Å²) in [6.07, 6.45) is 0.343. The van der Waals surface area contributed by atoms with E-state index in [1.807, 2.05) is 30.3 Å². The number of carbonyl (C=O) groups excluding carboxylic acids is 1. The molecule has 0 unspecified atom stereocenters. The van der Waals surface area contributed by atoms with Gasteiger partial charge < -0.3 is 10.1 Å². The van der Waals surface area contributed by atoms with E-state index >= 15 is 0 Å². The summed E-state index contributed by atoms with van der Waals surface area (Å²) < 4.78 is 5.46. The fraction of sp³-hybridized carbons (Fsp3) is 0.444. The molecule has 1 amide bonds. The highest BCUT2D eigenvalue weighted by Crippen LogP contribution is 2.15. The molecule has 2 heterocycles. The van der Waals surface area contributed by atoms with Gasteiger partial charge in [0, 0.05) is 31.1 Å². The van der Waals surface area contributed by atoms with Crippen LogP contribution >= 0.6 is 11.3 Å². The molecule has 24 heavy (non-hydrogen) atoms. The fourth-order valence-electron chi connectivity index (χ4n) is 2.70. The largest absolute Gasteiger partial charge is 0.379 e. The van der Waals surface area contributed by atoms with Crippen LogP contribution in [0, 0.1) is 0 Å². The van der Waals surface area contributed by atoms with Crippen molar-refractivity contribution in [1.82, 2.24) is 15.2 Å². The zero-order chi connectivity index (χ0) is 16.8. The number of morpholine rings is 1. The Balaban J connectivity index is 1.47. The molecule has 0 bridgehead atoms. The van der Waals surface area contributed by atoms with Crippen molar-refractivity contribution in [3.63, 3.8) is 0 Å². The Kier molecular flexibility index (Phi) is 5.96. The lowest BCUT2D eigenvalue weighted by atomic mass is 10.2. The first-order valence-electron chi connectivity index (χ1n) is 8.26. The quantitative estimate of drug-likeness (QED) is 0.872. The van der Waals surface area contributed by atoms with Gasteiger partial charge in [-0.25, -0.2) is 4.98 Å². The van der Waals surface area contributed by atoms with Gasteiger partial charge in [-0.1, -0.05) is 30.3 Å². The van der Waals surface area contributed by atoms with Crippen molar-refractivity contribution >= 4 is 17.2 Å². The lowest BCUT2D eigenvalue weighted by Crippen LogP contribution is -2.42. The van der Waals surface area contributed by atoms with E-state index in [2.05, 4.69) is 27.5 Å². The number of ether oxygens (including phenoxy) is 1. The van der Waals surface area contributed by atoms with Crippen molar-refractivity contribution < 1.29 is 9.53 Å². The molecule has 0 aliphatic carbocycles. The van der Waals surface area contributed by atoms with E-state index in [1.54, 1.807) is 11.3 Å². The molecule has 1 N–H and O–H groups in total. The first kappa shape index (κ1) is 17.1. The van der Waals surface area contributed by atoms with Crippen molar-refractivity contribution in [2.24, 2.45) is 0 Å². The van der Waals surface area contributed by atoms with Crippen LogP contribution in [0.25, 0.3) is 0 Å². The second-order valence-corrected chi connectivity index (χ2v) is 7.01. The average Bonchev–Trinajstić information content (AvgIpc) is 3.03. The summed E-state index contributed by atoms with van der Waals surface area (Å²) in [5.74, 6) is 0.0134. The van der Waals surface area contributed by atoms with E-state index in [1.165, 1.54) is 0 Å². The van der Waals surface area contributed by atoms with Gasteiger partial charge in [-0.3, -0.25) is 9.69 Å². The van der Waals surface area contributed by atoms with Gasteiger partial charge >= 0.3 is 0 Å². The Labute approximate surface area is 146 Å². The minimum atomic E-state index is 0.0134. The molecule has 1 aromatic heterocycles. The fourth-order valence-corrected chi connectivity index (χ4v) is 3.49. The van der Waals surface area contributed by atoms with Crippen molar-refractivity contribution in [1.29, 1.82) is 0 Å². The second kappa shape index (κ2) is 8.37. The summed E-state index contributed by atoms with van der Waals surface area (Å²) in [5, 5.41) is 5.88. The third-order valence-corrected chi connectivity index (χ3v) is 5.01. The molecular weight excluding hydrogens is 322 g/mol. The van der Waals surface area contributed by atoms with Crippen LogP contribution in [-0.4, -0.2) is 41.6 Å². The maximum absolute atomic E-state index is 12.1. The summed E-state index contributed by atoms with van der Waals surface area (Å²) in [7, 11) is 0. The molecule has 1 aliphatic heterocycles. The normalized spacial score (nSPS) is 18.5. The van der Waals surface area contributed by atoms with Gasteiger partial charge in [0.05, 0.1) is 25.3 Å². The Bertz CT molecular complexity index is 659. The van der Waals surface area contributed by atoms with Gasteiger partial charge in [0.2, 0.25) is 5.91 Å². The maximum Gasteiger partial charge on any atom is 0.227 e. The van der Waals surface area contributed by atoms with Crippen molar-refractivity contribution in [3.8, 4) is 0 Å². The number of hydrogen-bond donors (Lipinski definition) is 1. The standard InChI is InChI=1S/C18H23N3O2S/c1-14-12-23-8-7-21(14)11-16-13-24-18(20-16)9-17(22)19-10-15-5-3-2-4-6-15/h2-6,13-14H,7-12H2,1H3,(H,19,22)/t14-/m1/s1. The number of aromatic nitrogens is 1. The van der Waals surface area contributed by atoms with Crippen LogP contribution in [0.15, 0.2) is 35.7 Å². The first-order chi connectivity index (χ1) is 11.7. The Morgan fingerprint density at radius 3 is 3.04 bits per heavy atom. The number of amides is 1. The molecular formula is C18H23N3O2S. The van der Waals surface area contributed by atoms with E-state index in [0.29, 0.717) is 19.0 Å². The van der Waals surface area contributed by atoms with Crippen LogP contribution in [0.3, 0.4) is 0 Å². The SMILES string of the molecule is C[C@@H]1COCCN1Cc1csc(CC(=O)NCc2ccccc2)n1. The zero-order valence-corrected chi connectivity index (χ0v) is 14.7. The zero-order valence-electron chi connectivity index (χ0n) is 13.9. The number of benzene rings is 1. The predicted molar refractivity (Wildman–Crippen MR) is 94.8 cm³/mol. The molecule has 0 spiro atoms. The highest BCUT2D eigenvalue weighted by molar-refractivity contribution is 7.09. The molecule has 1 aliphatic rings. The van der Waals surface area contributed by atoms with Crippen LogP contribution in [0.2, 0.25) is 0 Å². The van der Waals surface area contributed by atoms with Crippen molar-refractivity contribution in [2.45, 2.75) is 32.5 Å². The Morgan fingerprint density at radius 2 is 2.25 bits per heavy atom. The molecule has 6 heteroatoms. The predicted octanol–water partition coefficient (Wildman–Crippen LogP) is 2.22. The monoisotopic (exact) mass is 345 g/mol. The summed E-state index contributed by atoms with van der Waals surface area (Å²) >= 11 is 1.56. The smallest absolute Gasteiger partial charge is 0.227 e. The minimum absolute atomic E-state index is 0.0134. The minimum Gasteiger partial charge on any atom is -0.379 e. The van der Waals surface area contributed by atoms with E-state index in [4.69, 9.17) is 4.74 Å². The van der Waals surface area contributed by atoms with Crippen LogP contribution in [0.5, 0.6) is 0 Å². The van der Waals surface area contributed by atoms with E-state index < -0.39 is 0 Å². The van der Waals surface area contributed by atoms with Crippen LogP contribution < -0.4 is 5.32 Å². The second-order valence-electron chi connectivity index (χ2n) is 6.07. The number of nitrogens with zero attached hydrogens (tertiary/aromatic N) is 2. The molecule has 1 fully saturated rings. The Hall–Kier alpha value is -1.76. The maximum atomic E-state index is 12.1. The lowest BCUT2D eigenvalue weighted by Gasteiger charge is -2.32. The van der Waals surface area contributed by atoms with Gasteiger partial charge in [0.15, 0.2) is 0 Å². The summed E-state index contributed by atoms with van der Waals surface area (Å²) in [5.41, 5.74) is 2.14. The summed E-state index contributed by atoms with van der Waals surface area (Å²) in [6, 6.07) is 10.3. The topological polar surface area (TPSA) is 54.5 Å². The van der Waals surface area contributed by atoms with E-state index in [-0.39, 0.29) is 5.91 Å². The number of carbonyl (C=O) groups is 1. The van der Waals surface area contributed by atoms with Crippen molar-refractivity contribution in [2.75, 3.05) is 19.8 Å². The molecule has 5 nitrogen and oxygen atoms in total. The molecule has 0 radical (unpaired) electrons.